The fraction of sp³-hybridized carbons (Fsp3) is 0.619. The van der Waals surface area contributed by atoms with E-state index in [1.165, 1.54) is 6.42 Å². The zero-order valence-corrected chi connectivity index (χ0v) is 16.2. The number of hydrogen-bond acceptors (Lipinski definition) is 4. The summed E-state index contributed by atoms with van der Waals surface area (Å²) in [6, 6.07) is 5.35. The van der Waals surface area contributed by atoms with Gasteiger partial charge in [-0.3, -0.25) is 9.59 Å². The summed E-state index contributed by atoms with van der Waals surface area (Å²) in [6.07, 6.45) is 6.61. The van der Waals surface area contributed by atoms with Crippen LogP contribution in [0.2, 0.25) is 0 Å². The van der Waals surface area contributed by atoms with Gasteiger partial charge < -0.3 is 19.7 Å². The third-order valence-electron chi connectivity index (χ3n) is 6.54. The van der Waals surface area contributed by atoms with Crippen molar-refractivity contribution in [2.24, 2.45) is 10.8 Å². The summed E-state index contributed by atoms with van der Waals surface area (Å²) < 4.78 is 10.6. The number of piperidine rings is 1. The van der Waals surface area contributed by atoms with Crippen LogP contribution in [0.3, 0.4) is 0 Å². The van der Waals surface area contributed by atoms with Gasteiger partial charge in [-0.25, -0.2) is 0 Å². The first-order valence-corrected chi connectivity index (χ1v) is 9.89. The van der Waals surface area contributed by atoms with E-state index in [4.69, 9.17) is 9.47 Å². The topological polar surface area (TPSA) is 67.9 Å². The van der Waals surface area contributed by atoms with E-state index in [2.05, 4.69) is 5.32 Å². The maximum atomic E-state index is 13.2. The van der Waals surface area contributed by atoms with Crippen LogP contribution in [-0.4, -0.2) is 44.0 Å². The second-order valence-corrected chi connectivity index (χ2v) is 8.04. The van der Waals surface area contributed by atoms with Gasteiger partial charge in [0, 0.05) is 24.8 Å². The average molecular weight is 372 g/mol. The van der Waals surface area contributed by atoms with E-state index < -0.39 is 10.8 Å². The molecule has 6 heteroatoms. The van der Waals surface area contributed by atoms with Crippen molar-refractivity contribution in [3.8, 4) is 11.5 Å². The number of benzene rings is 1. The lowest BCUT2D eigenvalue weighted by molar-refractivity contribution is -0.144. The van der Waals surface area contributed by atoms with Gasteiger partial charge in [0.05, 0.1) is 25.0 Å². The molecule has 27 heavy (non-hydrogen) atoms. The molecule has 1 heterocycles. The van der Waals surface area contributed by atoms with Crippen LogP contribution >= 0.6 is 0 Å². The number of nitrogens with zero attached hydrogens (tertiary/aromatic N) is 1. The number of rotatable bonds is 6. The predicted octanol–water partition coefficient (Wildman–Crippen LogP) is 3.22. The summed E-state index contributed by atoms with van der Waals surface area (Å²) in [7, 11) is 3.15. The molecule has 4 rings (SSSR count). The molecule has 146 valence electrons. The first kappa shape index (κ1) is 18.1. The van der Waals surface area contributed by atoms with Gasteiger partial charge >= 0.3 is 0 Å². The third-order valence-corrected chi connectivity index (χ3v) is 6.54. The second-order valence-electron chi connectivity index (χ2n) is 8.04. The van der Waals surface area contributed by atoms with Gasteiger partial charge in [0.25, 0.3) is 0 Å². The van der Waals surface area contributed by atoms with Crippen LogP contribution in [0.1, 0.15) is 44.9 Å². The van der Waals surface area contributed by atoms with Crippen LogP contribution < -0.4 is 14.8 Å². The van der Waals surface area contributed by atoms with Crippen LogP contribution in [0.25, 0.3) is 0 Å². The minimum absolute atomic E-state index is 0.0300. The van der Waals surface area contributed by atoms with Crippen molar-refractivity contribution in [1.82, 2.24) is 4.90 Å². The lowest BCUT2D eigenvalue weighted by Gasteiger charge is -2.34. The molecule has 0 atom stereocenters. The maximum absolute atomic E-state index is 13.2. The molecule has 0 aromatic heterocycles. The minimum atomic E-state index is -0.533. The fourth-order valence-corrected chi connectivity index (χ4v) is 4.63. The van der Waals surface area contributed by atoms with Crippen LogP contribution in [0.4, 0.5) is 5.69 Å². The highest BCUT2D eigenvalue weighted by Gasteiger charge is 2.73. The van der Waals surface area contributed by atoms with Gasteiger partial charge in [-0.15, -0.1) is 0 Å². The number of nitrogens with one attached hydrogen (secondary N) is 1. The first-order valence-electron chi connectivity index (χ1n) is 9.89. The third kappa shape index (κ3) is 2.95. The van der Waals surface area contributed by atoms with Crippen LogP contribution in [0.15, 0.2) is 18.2 Å². The molecule has 2 aliphatic carbocycles. The summed E-state index contributed by atoms with van der Waals surface area (Å²) in [5, 5.41) is 3.03. The summed E-state index contributed by atoms with van der Waals surface area (Å²) in [5.74, 6) is 1.38. The number of carbonyl (C=O) groups is 2. The highest BCUT2D eigenvalue weighted by atomic mass is 16.5. The van der Waals surface area contributed by atoms with Crippen molar-refractivity contribution in [2.75, 3.05) is 32.6 Å². The highest BCUT2D eigenvalue weighted by Crippen LogP contribution is 2.71. The minimum Gasteiger partial charge on any atom is -0.493 e. The largest absolute Gasteiger partial charge is 0.493 e. The zero-order chi connectivity index (χ0) is 19.1. The van der Waals surface area contributed by atoms with Gasteiger partial charge in [0.2, 0.25) is 11.8 Å². The van der Waals surface area contributed by atoms with Crippen molar-refractivity contribution in [3.63, 3.8) is 0 Å². The van der Waals surface area contributed by atoms with E-state index in [9.17, 15) is 9.59 Å². The predicted molar refractivity (Wildman–Crippen MR) is 102 cm³/mol. The fourth-order valence-electron chi connectivity index (χ4n) is 4.63. The molecule has 6 nitrogen and oxygen atoms in total. The van der Waals surface area contributed by atoms with Crippen LogP contribution in [0, 0.1) is 10.8 Å². The Kier molecular flexibility index (Phi) is 4.52. The number of anilines is 1. The Labute approximate surface area is 160 Å². The molecule has 0 spiro atoms. The first-order chi connectivity index (χ1) is 13.1. The quantitative estimate of drug-likeness (QED) is 0.833. The van der Waals surface area contributed by atoms with Gasteiger partial charge in [0.15, 0.2) is 11.5 Å². The zero-order valence-electron chi connectivity index (χ0n) is 16.2. The number of ether oxygens (including phenoxy) is 2. The molecule has 2 amide bonds. The molecule has 3 fully saturated rings. The molecule has 1 aromatic rings. The van der Waals surface area contributed by atoms with Crippen molar-refractivity contribution in [3.05, 3.63) is 18.2 Å². The number of amides is 2. The molecule has 1 saturated heterocycles. The van der Waals surface area contributed by atoms with E-state index in [1.54, 1.807) is 32.4 Å². The lowest BCUT2D eigenvalue weighted by atomic mass is 9.82. The number of methoxy groups -OCH3 is 2. The Bertz CT molecular complexity index is 747. The molecular weight excluding hydrogens is 344 g/mol. The maximum Gasteiger partial charge on any atom is 0.231 e. The molecule has 0 unspecified atom stereocenters. The molecule has 0 radical (unpaired) electrons. The van der Waals surface area contributed by atoms with Gasteiger partial charge in [-0.1, -0.05) is 0 Å². The Morgan fingerprint density at radius 2 is 1.56 bits per heavy atom. The van der Waals surface area contributed by atoms with Crippen molar-refractivity contribution < 1.29 is 19.1 Å². The van der Waals surface area contributed by atoms with Gasteiger partial charge in [0.1, 0.15) is 0 Å². The molecular formula is C21H28N2O4. The average Bonchev–Trinajstić information content (AvgIpc) is 3.61. The van der Waals surface area contributed by atoms with Crippen molar-refractivity contribution >= 4 is 17.5 Å². The van der Waals surface area contributed by atoms with Gasteiger partial charge in [-0.05, 0) is 57.1 Å². The Morgan fingerprint density at radius 1 is 0.926 bits per heavy atom. The molecule has 1 aliphatic heterocycles. The number of hydrogen-bond donors (Lipinski definition) is 1. The Balaban J connectivity index is 1.51. The summed E-state index contributed by atoms with van der Waals surface area (Å²) in [6.45, 7) is 1.68. The normalized spacial score (nSPS) is 21.9. The summed E-state index contributed by atoms with van der Waals surface area (Å²) >= 11 is 0. The SMILES string of the molecule is COc1ccc(NC(=O)C2(C3(C(=O)N4CCCCC4)CC3)CC2)cc1OC. The summed E-state index contributed by atoms with van der Waals surface area (Å²) in [5.41, 5.74) is -0.329. The van der Waals surface area contributed by atoms with Crippen molar-refractivity contribution in [1.29, 1.82) is 0 Å². The van der Waals surface area contributed by atoms with E-state index in [0.717, 1.165) is 51.6 Å². The molecule has 1 N–H and O–H groups in total. The van der Waals surface area contributed by atoms with E-state index in [1.807, 2.05) is 4.90 Å². The Morgan fingerprint density at radius 3 is 2.11 bits per heavy atom. The van der Waals surface area contributed by atoms with Crippen molar-refractivity contribution in [2.45, 2.75) is 44.9 Å². The van der Waals surface area contributed by atoms with E-state index in [0.29, 0.717) is 17.2 Å². The second kappa shape index (κ2) is 6.73. The van der Waals surface area contributed by atoms with Gasteiger partial charge in [-0.2, -0.15) is 0 Å². The molecule has 0 bridgehead atoms. The molecule has 2 saturated carbocycles. The number of likely N-dealkylation sites (tertiary alicyclic amines) is 1. The molecule has 1 aromatic carbocycles. The Hall–Kier alpha value is -2.24. The van der Waals surface area contributed by atoms with E-state index >= 15 is 0 Å². The standard InChI is InChI=1S/C21H28N2O4/c1-26-16-7-6-15(14-17(16)27-2)22-18(24)20(8-9-20)21(10-11-21)19(25)23-12-4-3-5-13-23/h6-7,14H,3-5,8-13H2,1-2H3,(H,22,24). The monoisotopic (exact) mass is 372 g/mol. The molecule has 3 aliphatic rings. The van der Waals surface area contributed by atoms with E-state index in [-0.39, 0.29) is 11.8 Å². The highest BCUT2D eigenvalue weighted by molar-refractivity contribution is 6.03. The smallest absolute Gasteiger partial charge is 0.231 e. The van der Waals surface area contributed by atoms with Crippen LogP contribution in [-0.2, 0) is 9.59 Å². The summed E-state index contributed by atoms with van der Waals surface area (Å²) in [4.78, 5) is 28.4. The number of carbonyl (C=O) groups excluding carboxylic acids is 2. The van der Waals surface area contributed by atoms with Crippen LogP contribution in [0.5, 0.6) is 11.5 Å². The lowest BCUT2D eigenvalue weighted by Crippen LogP contribution is -2.47.